The summed E-state index contributed by atoms with van der Waals surface area (Å²) in [7, 11) is -3.47. The van der Waals surface area contributed by atoms with Crippen molar-refractivity contribution in [3.63, 3.8) is 0 Å². The Hall–Kier alpha value is -2.97. The summed E-state index contributed by atoms with van der Waals surface area (Å²) in [6.45, 7) is 4.16. The molecule has 0 spiro atoms. The number of benzene rings is 2. The molecule has 1 aliphatic rings. The minimum Gasteiger partial charge on any atom is -0.348 e. The van der Waals surface area contributed by atoms with E-state index in [2.05, 4.69) is 15.1 Å². The van der Waals surface area contributed by atoms with Gasteiger partial charge in [0.25, 0.3) is 5.91 Å². The number of rotatable bonds is 7. The number of hydrogen-bond donors (Lipinski definition) is 2. The fourth-order valence-corrected chi connectivity index (χ4v) is 4.53. The highest BCUT2D eigenvalue weighted by atomic mass is 32.2. The van der Waals surface area contributed by atoms with Gasteiger partial charge in [0.1, 0.15) is 0 Å². The Morgan fingerprint density at radius 3 is 2.47 bits per heavy atom. The Morgan fingerprint density at radius 1 is 1.10 bits per heavy atom. The van der Waals surface area contributed by atoms with Gasteiger partial charge in [-0.05, 0) is 56.0 Å². The molecular weight excluding hydrogens is 400 g/mol. The predicted molar refractivity (Wildman–Crippen MR) is 114 cm³/mol. The van der Waals surface area contributed by atoms with Crippen molar-refractivity contribution in [2.75, 3.05) is 0 Å². The number of nitrogens with zero attached hydrogens (tertiary/aromatic N) is 2. The average molecular weight is 425 g/mol. The number of amides is 1. The third-order valence-electron chi connectivity index (χ3n) is 5.18. The van der Waals surface area contributed by atoms with Crippen LogP contribution in [0, 0.1) is 13.8 Å². The van der Waals surface area contributed by atoms with Crippen molar-refractivity contribution in [1.82, 2.24) is 19.8 Å². The van der Waals surface area contributed by atoms with Crippen LogP contribution in [0.1, 0.15) is 40.0 Å². The van der Waals surface area contributed by atoms with E-state index < -0.39 is 10.0 Å². The minimum absolute atomic E-state index is 0.0674. The lowest BCUT2D eigenvalue weighted by atomic mass is 10.2. The molecule has 8 heteroatoms. The summed E-state index contributed by atoms with van der Waals surface area (Å²) in [5.74, 6) is -0.223. The van der Waals surface area contributed by atoms with Gasteiger partial charge in [0.05, 0.1) is 28.0 Å². The van der Waals surface area contributed by atoms with Crippen LogP contribution in [0.2, 0.25) is 0 Å². The van der Waals surface area contributed by atoms with Crippen LogP contribution in [0.5, 0.6) is 0 Å². The van der Waals surface area contributed by atoms with E-state index in [4.69, 9.17) is 0 Å². The molecule has 0 aliphatic heterocycles. The van der Waals surface area contributed by atoms with Crippen LogP contribution < -0.4 is 10.0 Å². The number of carbonyl (C=O) groups excluding carboxylic acids is 1. The van der Waals surface area contributed by atoms with Gasteiger partial charge in [0, 0.05) is 12.6 Å². The second-order valence-corrected chi connectivity index (χ2v) is 9.28. The third kappa shape index (κ3) is 4.29. The molecular formula is C22H24N4O3S. The van der Waals surface area contributed by atoms with Gasteiger partial charge in [0.2, 0.25) is 10.0 Å². The zero-order valence-electron chi connectivity index (χ0n) is 16.9. The zero-order chi connectivity index (χ0) is 21.3. The average Bonchev–Trinajstić information content (AvgIpc) is 3.45. The molecule has 0 atom stereocenters. The molecule has 3 aromatic rings. The number of hydrogen-bond acceptors (Lipinski definition) is 4. The normalized spacial score (nSPS) is 13.9. The molecule has 156 valence electrons. The SMILES string of the molecule is Cc1ccccc1-n1ncc(C(=O)NCc2ccc(S(=O)(=O)NC3CC3)cc2)c1C. The van der Waals surface area contributed by atoms with Crippen molar-refractivity contribution in [2.45, 2.75) is 44.2 Å². The van der Waals surface area contributed by atoms with E-state index >= 15 is 0 Å². The van der Waals surface area contributed by atoms with Crippen molar-refractivity contribution in [3.05, 3.63) is 77.1 Å². The highest BCUT2D eigenvalue weighted by Crippen LogP contribution is 2.22. The lowest BCUT2D eigenvalue weighted by molar-refractivity contribution is 0.0950. The van der Waals surface area contributed by atoms with Crippen LogP contribution in [-0.2, 0) is 16.6 Å². The first-order chi connectivity index (χ1) is 14.3. The number of aryl methyl sites for hydroxylation is 1. The van der Waals surface area contributed by atoms with Crippen LogP contribution in [0.3, 0.4) is 0 Å². The highest BCUT2D eigenvalue weighted by Gasteiger charge is 2.27. The molecule has 1 heterocycles. The Morgan fingerprint density at radius 2 is 1.80 bits per heavy atom. The van der Waals surface area contributed by atoms with Crippen LogP contribution in [0.15, 0.2) is 59.6 Å². The lowest BCUT2D eigenvalue weighted by Crippen LogP contribution is -2.26. The molecule has 2 aromatic carbocycles. The Labute approximate surface area is 176 Å². The minimum atomic E-state index is -3.47. The largest absolute Gasteiger partial charge is 0.348 e. The number of sulfonamides is 1. The second kappa shape index (κ2) is 8.04. The molecule has 1 aromatic heterocycles. The number of para-hydroxylation sites is 1. The number of aromatic nitrogens is 2. The molecule has 2 N–H and O–H groups in total. The molecule has 0 bridgehead atoms. The lowest BCUT2D eigenvalue weighted by Gasteiger charge is -2.09. The molecule has 1 fully saturated rings. The fraction of sp³-hybridized carbons (Fsp3) is 0.273. The summed E-state index contributed by atoms with van der Waals surface area (Å²) in [6, 6.07) is 14.5. The van der Waals surface area contributed by atoms with Crippen LogP contribution in [0.25, 0.3) is 5.69 Å². The summed E-state index contributed by atoms with van der Waals surface area (Å²) in [4.78, 5) is 12.9. The van der Waals surface area contributed by atoms with E-state index in [-0.39, 0.29) is 16.8 Å². The van der Waals surface area contributed by atoms with Gasteiger partial charge in [-0.25, -0.2) is 17.8 Å². The van der Waals surface area contributed by atoms with Crippen molar-refractivity contribution in [3.8, 4) is 5.69 Å². The van der Waals surface area contributed by atoms with Gasteiger partial charge in [-0.15, -0.1) is 0 Å². The van der Waals surface area contributed by atoms with Crippen molar-refractivity contribution >= 4 is 15.9 Å². The molecule has 4 rings (SSSR count). The molecule has 1 aliphatic carbocycles. The monoisotopic (exact) mass is 424 g/mol. The van der Waals surface area contributed by atoms with Crippen LogP contribution in [0.4, 0.5) is 0 Å². The molecule has 1 amide bonds. The van der Waals surface area contributed by atoms with Gasteiger partial charge < -0.3 is 5.32 Å². The van der Waals surface area contributed by atoms with E-state index in [1.54, 1.807) is 35.1 Å². The summed E-state index contributed by atoms with van der Waals surface area (Å²) in [6.07, 6.45) is 3.35. The maximum absolute atomic E-state index is 12.7. The first kappa shape index (κ1) is 20.3. The molecule has 0 radical (unpaired) electrons. The first-order valence-corrected chi connectivity index (χ1v) is 11.3. The molecule has 1 saturated carbocycles. The fourth-order valence-electron chi connectivity index (χ4n) is 3.23. The Kier molecular flexibility index (Phi) is 5.44. The molecule has 7 nitrogen and oxygen atoms in total. The Balaban J connectivity index is 1.42. The van der Waals surface area contributed by atoms with Gasteiger partial charge in [-0.2, -0.15) is 5.10 Å². The zero-order valence-corrected chi connectivity index (χ0v) is 17.7. The number of carbonyl (C=O) groups is 1. The topological polar surface area (TPSA) is 93.1 Å². The van der Waals surface area contributed by atoms with E-state index in [0.29, 0.717) is 12.1 Å². The van der Waals surface area contributed by atoms with Crippen LogP contribution >= 0.6 is 0 Å². The summed E-state index contributed by atoms with van der Waals surface area (Å²) >= 11 is 0. The highest BCUT2D eigenvalue weighted by molar-refractivity contribution is 7.89. The van der Waals surface area contributed by atoms with Crippen molar-refractivity contribution < 1.29 is 13.2 Å². The molecule has 30 heavy (non-hydrogen) atoms. The Bertz CT molecular complexity index is 1180. The van der Waals surface area contributed by atoms with E-state index in [1.165, 1.54) is 0 Å². The van der Waals surface area contributed by atoms with Gasteiger partial charge in [-0.1, -0.05) is 30.3 Å². The van der Waals surface area contributed by atoms with Crippen molar-refractivity contribution in [1.29, 1.82) is 0 Å². The quantitative estimate of drug-likeness (QED) is 0.610. The van der Waals surface area contributed by atoms with E-state index in [0.717, 1.165) is 35.3 Å². The van der Waals surface area contributed by atoms with Gasteiger partial charge in [0.15, 0.2) is 0 Å². The van der Waals surface area contributed by atoms with Gasteiger partial charge >= 0.3 is 0 Å². The second-order valence-electron chi connectivity index (χ2n) is 7.56. The van der Waals surface area contributed by atoms with E-state index in [9.17, 15) is 13.2 Å². The van der Waals surface area contributed by atoms with Crippen molar-refractivity contribution in [2.24, 2.45) is 0 Å². The van der Waals surface area contributed by atoms with Crippen LogP contribution in [-0.4, -0.2) is 30.1 Å². The van der Waals surface area contributed by atoms with Gasteiger partial charge in [-0.3, -0.25) is 4.79 Å². The number of nitrogens with one attached hydrogen (secondary N) is 2. The molecule has 0 saturated heterocycles. The summed E-state index contributed by atoms with van der Waals surface area (Å²) < 4.78 is 28.9. The third-order valence-corrected chi connectivity index (χ3v) is 6.72. The summed E-state index contributed by atoms with van der Waals surface area (Å²) in [5, 5.41) is 7.25. The maximum atomic E-state index is 12.7. The molecule has 0 unspecified atom stereocenters. The first-order valence-electron chi connectivity index (χ1n) is 9.85. The summed E-state index contributed by atoms with van der Waals surface area (Å²) in [5.41, 5.74) is 4.09. The predicted octanol–water partition coefficient (Wildman–Crippen LogP) is 2.86. The van der Waals surface area contributed by atoms with E-state index in [1.807, 2.05) is 38.1 Å². The standard InChI is InChI=1S/C22H24N4O3S/c1-15-5-3-4-6-21(15)26-16(2)20(14-24-26)22(27)23-13-17-7-11-19(12-8-17)30(28,29)25-18-9-10-18/h3-8,11-12,14,18,25H,9-10,13H2,1-2H3,(H,23,27). The maximum Gasteiger partial charge on any atom is 0.255 e. The smallest absolute Gasteiger partial charge is 0.255 e.